The SMILES string of the molecule is C=CCOc1cc(OC(C)=O)ccc1C/C=C/CN(C(C)=O)C(C)C. The Balaban J connectivity index is 2.81. The second kappa shape index (κ2) is 10.3. The molecule has 0 radical (unpaired) electrons. The van der Waals surface area contributed by atoms with Gasteiger partial charge in [0.15, 0.2) is 0 Å². The van der Waals surface area contributed by atoms with Gasteiger partial charge in [0.25, 0.3) is 0 Å². The molecule has 0 bridgehead atoms. The van der Waals surface area contributed by atoms with Crippen LogP contribution in [-0.2, 0) is 16.0 Å². The third kappa shape index (κ3) is 7.25. The molecule has 0 saturated carbocycles. The van der Waals surface area contributed by atoms with Crippen LogP contribution in [0.25, 0.3) is 0 Å². The van der Waals surface area contributed by atoms with Gasteiger partial charge in [-0.15, -0.1) is 0 Å². The highest BCUT2D eigenvalue weighted by atomic mass is 16.5. The van der Waals surface area contributed by atoms with Crippen molar-refractivity contribution in [3.05, 3.63) is 48.6 Å². The summed E-state index contributed by atoms with van der Waals surface area (Å²) in [4.78, 5) is 24.4. The first-order valence-electron chi connectivity index (χ1n) is 8.32. The van der Waals surface area contributed by atoms with Crippen LogP contribution in [0, 0.1) is 0 Å². The predicted molar refractivity (Wildman–Crippen MR) is 98.8 cm³/mol. The minimum atomic E-state index is -0.375. The van der Waals surface area contributed by atoms with E-state index < -0.39 is 0 Å². The number of rotatable bonds is 9. The first-order chi connectivity index (χ1) is 11.8. The molecule has 1 amide bonds. The van der Waals surface area contributed by atoms with Gasteiger partial charge in [0.2, 0.25) is 5.91 Å². The van der Waals surface area contributed by atoms with E-state index in [4.69, 9.17) is 9.47 Å². The molecule has 0 N–H and O–H groups in total. The second-order valence-electron chi connectivity index (χ2n) is 5.90. The highest BCUT2D eigenvalue weighted by molar-refractivity contribution is 5.73. The number of nitrogens with zero attached hydrogens (tertiary/aromatic N) is 1. The molecular weight excluding hydrogens is 318 g/mol. The van der Waals surface area contributed by atoms with Crippen molar-refractivity contribution in [3.8, 4) is 11.5 Å². The lowest BCUT2D eigenvalue weighted by Gasteiger charge is -2.23. The van der Waals surface area contributed by atoms with Crippen molar-refractivity contribution in [1.29, 1.82) is 0 Å². The maximum absolute atomic E-state index is 11.6. The molecule has 0 aliphatic heterocycles. The summed E-state index contributed by atoms with van der Waals surface area (Å²) < 4.78 is 10.7. The van der Waals surface area contributed by atoms with Gasteiger partial charge in [0, 0.05) is 32.5 Å². The fraction of sp³-hybridized carbons (Fsp3) is 0.400. The van der Waals surface area contributed by atoms with E-state index in [1.807, 2.05) is 32.1 Å². The number of amides is 1. The van der Waals surface area contributed by atoms with Gasteiger partial charge in [-0.25, -0.2) is 0 Å². The van der Waals surface area contributed by atoms with Gasteiger partial charge in [-0.3, -0.25) is 9.59 Å². The average molecular weight is 345 g/mol. The lowest BCUT2D eigenvalue weighted by Crippen LogP contribution is -2.35. The molecule has 0 fully saturated rings. The Morgan fingerprint density at radius 2 is 1.96 bits per heavy atom. The van der Waals surface area contributed by atoms with Crippen LogP contribution < -0.4 is 9.47 Å². The first-order valence-corrected chi connectivity index (χ1v) is 8.32. The van der Waals surface area contributed by atoms with E-state index in [-0.39, 0.29) is 17.9 Å². The van der Waals surface area contributed by atoms with Crippen molar-refractivity contribution in [1.82, 2.24) is 4.90 Å². The van der Waals surface area contributed by atoms with Gasteiger partial charge in [-0.2, -0.15) is 0 Å². The second-order valence-corrected chi connectivity index (χ2v) is 5.90. The molecule has 1 aromatic carbocycles. The van der Waals surface area contributed by atoms with Gasteiger partial charge in [0.05, 0.1) is 0 Å². The predicted octanol–water partition coefficient (Wildman–Crippen LogP) is 3.53. The van der Waals surface area contributed by atoms with Crippen LogP contribution in [0.15, 0.2) is 43.0 Å². The zero-order chi connectivity index (χ0) is 18.8. The third-order valence-corrected chi connectivity index (χ3v) is 3.49. The standard InChI is InChI=1S/C20H27NO4/c1-6-13-24-20-14-19(25-17(5)23)11-10-18(20)9-7-8-12-21(15(2)3)16(4)22/h6-8,10-11,14-15H,1,9,12-13H2,2-5H3/b8-7+. The van der Waals surface area contributed by atoms with E-state index >= 15 is 0 Å². The summed E-state index contributed by atoms with van der Waals surface area (Å²) in [6.45, 7) is 11.5. The summed E-state index contributed by atoms with van der Waals surface area (Å²) >= 11 is 0. The molecule has 136 valence electrons. The van der Waals surface area contributed by atoms with Gasteiger partial charge in [-0.1, -0.05) is 30.9 Å². The van der Waals surface area contributed by atoms with Crippen molar-refractivity contribution < 1.29 is 19.1 Å². The quantitative estimate of drug-likeness (QED) is 0.390. The van der Waals surface area contributed by atoms with Crippen LogP contribution in [0.4, 0.5) is 0 Å². The molecule has 0 heterocycles. The number of carbonyl (C=O) groups is 2. The molecule has 0 aliphatic carbocycles. The summed E-state index contributed by atoms with van der Waals surface area (Å²) in [7, 11) is 0. The number of allylic oxidation sites excluding steroid dienone is 1. The number of esters is 1. The molecule has 0 spiro atoms. The largest absolute Gasteiger partial charge is 0.489 e. The van der Waals surface area contributed by atoms with E-state index in [9.17, 15) is 9.59 Å². The van der Waals surface area contributed by atoms with E-state index in [2.05, 4.69) is 6.58 Å². The number of hydrogen-bond acceptors (Lipinski definition) is 4. The Bertz CT molecular complexity index is 635. The van der Waals surface area contributed by atoms with E-state index in [1.54, 1.807) is 30.0 Å². The maximum Gasteiger partial charge on any atom is 0.308 e. The van der Waals surface area contributed by atoms with Crippen LogP contribution in [-0.4, -0.2) is 36.0 Å². The topological polar surface area (TPSA) is 55.8 Å². The van der Waals surface area contributed by atoms with Crippen LogP contribution in [0.5, 0.6) is 11.5 Å². The molecule has 0 aliphatic rings. The van der Waals surface area contributed by atoms with Gasteiger partial charge in [-0.05, 0) is 31.9 Å². The van der Waals surface area contributed by atoms with Crippen molar-refractivity contribution in [2.75, 3.05) is 13.2 Å². The smallest absolute Gasteiger partial charge is 0.308 e. The number of carbonyl (C=O) groups excluding carboxylic acids is 2. The maximum atomic E-state index is 11.6. The molecule has 0 atom stereocenters. The molecule has 1 rings (SSSR count). The number of ether oxygens (including phenoxy) is 2. The van der Waals surface area contributed by atoms with Crippen LogP contribution in [0.2, 0.25) is 0 Å². The molecule has 1 aromatic rings. The fourth-order valence-corrected chi connectivity index (χ4v) is 2.32. The normalized spacial score (nSPS) is 10.8. The fourth-order valence-electron chi connectivity index (χ4n) is 2.32. The first kappa shape index (κ1) is 20.5. The summed E-state index contributed by atoms with van der Waals surface area (Å²) in [5, 5.41) is 0. The van der Waals surface area contributed by atoms with Gasteiger partial charge < -0.3 is 14.4 Å². The van der Waals surface area contributed by atoms with Crippen LogP contribution in [0.1, 0.15) is 33.3 Å². The van der Waals surface area contributed by atoms with E-state index in [0.29, 0.717) is 31.1 Å². The van der Waals surface area contributed by atoms with Crippen molar-refractivity contribution in [2.24, 2.45) is 0 Å². The minimum Gasteiger partial charge on any atom is -0.489 e. The summed E-state index contributed by atoms with van der Waals surface area (Å²) in [5.74, 6) is 0.776. The van der Waals surface area contributed by atoms with Crippen LogP contribution >= 0.6 is 0 Å². The van der Waals surface area contributed by atoms with Crippen molar-refractivity contribution >= 4 is 11.9 Å². The minimum absolute atomic E-state index is 0.0559. The number of hydrogen-bond donors (Lipinski definition) is 0. The Morgan fingerprint density at radius 3 is 2.52 bits per heavy atom. The molecule has 5 heteroatoms. The van der Waals surface area contributed by atoms with E-state index in [1.165, 1.54) is 6.92 Å². The summed E-state index contributed by atoms with van der Waals surface area (Å²) in [6, 6.07) is 5.47. The van der Waals surface area contributed by atoms with E-state index in [0.717, 1.165) is 5.56 Å². The zero-order valence-electron chi connectivity index (χ0n) is 15.5. The zero-order valence-corrected chi connectivity index (χ0v) is 15.5. The van der Waals surface area contributed by atoms with Gasteiger partial charge in [0.1, 0.15) is 18.1 Å². The highest BCUT2D eigenvalue weighted by Crippen LogP contribution is 2.26. The summed E-state index contributed by atoms with van der Waals surface area (Å²) in [5.41, 5.74) is 0.966. The Hall–Kier alpha value is -2.56. The summed E-state index contributed by atoms with van der Waals surface area (Å²) in [6.07, 6.45) is 6.28. The molecule has 25 heavy (non-hydrogen) atoms. The molecule has 0 aromatic heterocycles. The monoisotopic (exact) mass is 345 g/mol. The molecule has 0 saturated heterocycles. The average Bonchev–Trinajstić information content (AvgIpc) is 2.52. The van der Waals surface area contributed by atoms with Crippen molar-refractivity contribution in [3.63, 3.8) is 0 Å². The highest BCUT2D eigenvalue weighted by Gasteiger charge is 2.10. The number of benzene rings is 1. The Labute approximate surface area is 149 Å². The van der Waals surface area contributed by atoms with Crippen molar-refractivity contribution in [2.45, 2.75) is 40.2 Å². The third-order valence-electron chi connectivity index (χ3n) is 3.49. The lowest BCUT2D eigenvalue weighted by atomic mass is 10.1. The van der Waals surface area contributed by atoms with Gasteiger partial charge >= 0.3 is 5.97 Å². The molecule has 0 unspecified atom stereocenters. The Kier molecular flexibility index (Phi) is 8.47. The lowest BCUT2D eigenvalue weighted by molar-refractivity contribution is -0.132. The van der Waals surface area contributed by atoms with Crippen LogP contribution in [0.3, 0.4) is 0 Å². The molecular formula is C20H27NO4. The Morgan fingerprint density at radius 1 is 1.24 bits per heavy atom. The molecule has 5 nitrogen and oxygen atoms in total.